The second-order valence-corrected chi connectivity index (χ2v) is 10.4. The summed E-state index contributed by atoms with van der Waals surface area (Å²) < 4.78 is 22.4. The van der Waals surface area contributed by atoms with Crippen LogP contribution in [-0.2, 0) is 24.7 Å². The molecular weight excluding hydrogens is 497 g/mol. The monoisotopic (exact) mass is 533 g/mol. The third kappa shape index (κ3) is 5.58. The Hall–Kier alpha value is -3.63. The van der Waals surface area contributed by atoms with Gasteiger partial charge in [0.1, 0.15) is 11.5 Å². The van der Waals surface area contributed by atoms with Gasteiger partial charge in [-0.2, -0.15) is 0 Å². The van der Waals surface area contributed by atoms with Crippen LogP contribution in [0.2, 0.25) is 0 Å². The number of aryl methyl sites for hydroxylation is 1. The number of nitrogens with one attached hydrogen (secondary N) is 1. The summed E-state index contributed by atoms with van der Waals surface area (Å²) in [5.74, 6) is 0.487. The number of likely N-dealkylation sites (N-methyl/N-ethyl adjacent to an activating group) is 1. The zero-order valence-corrected chi connectivity index (χ0v) is 23.2. The molecule has 39 heavy (non-hydrogen) atoms. The fraction of sp³-hybridized carbons (Fsp3) is 0.448. The van der Waals surface area contributed by atoms with Gasteiger partial charge in [0.2, 0.25) is 11.8 Å². The number of anilines is 1. The molecule has 5 rings (SSSR count). The van der Waals surface area contributed by atoms with E-state index in [4.69, 9.17) is 4.74 Å². The van der Waals surface area contributed by atoms with Crippen LogP contribution in [0.4, 0.5) is 10.1 Å². The Morgan fingerprint density at radius 1 is 1.28 bits per heavy atom. The maximum atomic E-state index is 15.1. The molecule has 0 bridgehead atoms. The van der Waals surface area contributed by atoms with E-state index >= 15 is 4.39 Å². The molecule has 2 aromatic heterocycles. The zero-order valence-electron chi connectivity index (χ0n) is 23.2. The van der Waals surface area contributed by atoms with Gasteiger partial charge in [0.05, 0.1) is 18.8 Å². The van der Waals surface area contributed by atoms with Crippen molar-refractivity contribution in [2.45, 2.75) is 45.7 Å². The number of aromatic nitrogens is 4. The summed E-state index contributed by atoms with van der Waals surface area (Å²) in [5.41, 5.74) is 4.39. The van der Waals surface area contributed by atoms with Crippen molar-refractivity contribution in [1.29, 1.82) is 0 Å². The molecule has 1 aliphatic heterocycles. The molecule has 1 N–H and O–H groups in total. The third-order valence-electron chi connectivity index (χ3n) is 7.54. The van der Waals surface area contributed by atoms with Crippen LogP contribution in [0.15, 0.2) is 36.7 Å². The van der Waals surface area contributed by atoms with E-state index in [1.165, 1.54) is 6.20 Å². The van der Waals surface area contributed by atoms with Crippen LogP contribution in [0, 0.1) is 5.82 Å². The smallest absolute Gasteiger partial charge is 0.241 e. The van der Waals surface area contributed by atoms with E-state index in [2.05, 4.69) is 44.2 Å². The Bertz CT molecular complexity index is 1400. The number of amides is 1. The quantitative estimate of drug-likeness (QED) is 0.475. The fourth-order valence-corrected chi connectivity index (χ4v) is 5.58. The minimum Gasteiger partial charge on any atom is -0.477 e. The lowest BCUT2D eigenvalue weighted by Gasteiger charge is -2.41. The molecule has 0 radical (unpaired) electrons. The minimum atomic E-state index is -0.485. The highest BCUT2D eigenvalue weighted by molar-refractivity contribution is 5.97. The Kier molecular flexibility index (Phi) is 7.76. The number of piperazine rings is 1. The molecule has 0 unspecified atom stereocenters. The second kappa shape index (κ2) is 11.2. The summed E-state index contributed by atoms with van der Waals surface area (Å²) in [4.78, 5) is 26.6. The van der Waals surface area contributed by atoms with Gasteiger partial charge in [-0.25, -0.2) is 14.4 Å². The minimum absolute atomic E-state index is 0.0367. The first kappa shape index (κ1) is 27.0. The van der Waals surface area contributed by atoms with Crippen molar-refractivity contribution >= 4 is 17.2 Å². The van der Waals surface area contributed by atoms with Crippen molar-refractivity contribution in [3.63, 3.8) is 0 Å². The summed E-state index contributed by atoms with van der Waals surface area (Å²) in [6.07, 6.45) is 6.00. The van der Waals surface area contributed by atoms with Gasteiger partial charge in [0, 0.05) is 62.2 Å². The van der Waals surface area contributed by atoms with Gasteiger partial charge in [0.15, 0.2) is 5.82 Å². The van der Waals surface area contributed by atoms with E-state index in [1.54, 1.807) is 4.68 Å². The highest BCUT2D eigenvalue weighted by Crippen LogP contribution is 2.37. The lowest BCUT2D eigenvalue weighted by Crippen LogP contribution is -2.56. The number of carbonyl (C=O) groups excluding carboxylic acids is 1. The first-order chi connectivity index (χ1) is 18.7. The molecule has 1 saturated heterocycles. The molecule has 3 heterocycles. The number of halogens is 1. The summed E-state index contributed by atoms with van der Waals surface area (Å²) in [5, 5.41) is 7.49. The van der Waals surface area contributed by atoms with E-state index in [0.29, 0.717) is 42.8 Å². The summed E-state index contributed by atoms with van der Waals surface area (Å²) in [6.45, 7) is 9.25. The standard InChI is InChI=1S/C29H36FN7O2/c1-6-39-29-20(17-36(5)34-29)14-26-31-15-24(30)27(33-26)23-11-10-22-21(23)8-7-9-25(22)32-28(38)19(3)37-13-12-35(4)16-18(37)2/h7-9,11,15,17-19H,6,10,12-14,16H2,1-5H3,(H,32,38)/t18-,19-/m0/s1. The van der Waals surface area contributed by atoms with Crippen LogP contribution in [-0.4, -0.2) is 80.8 Å². The lowest BCUT2D eigenvalue weighted by atomic mass is 10.0. The molecule has 2 aliphatic rings. The van der Waals surface area contributed by atoms with Crippen molar-refractivity contribution < 1.29 is 13.9 Å². The van der Waals surface area contributed by atoms with Crippen LogP contribution < -0.4 is 10.1 Å². The van der Waals surface area contributed by atoms with Crippen molar-refractivity contribution in [1.82, 2.24) is 29.5 Å². The van der Waals surface area contributed by atoms with Gasteiger partial charge >= 0.3 is 0 Å². The molecule has 1 amide bonds. The topological polar surface area (TPSA) is 88.4 Å². The Morgan fingerprint density at radius 3 is 2.87 bits per heavy atom. The Balaban J connectivity index is 1.36. The van der Waals surface area contributed by atoms with Gasteiger partial charge in [-0.3, -0.25) is 14.4 Å². The van der Waals surface area contributed by atoms with Crippen molar-refractivity contribution in [2.24, 2.45) is 7.05 Å². The van der Waals surface area contributed by atoms with Crippen LogP contribution in [0.3, 0.4) is 0 Å². The second-order valence-electron chi connectivity index (χ2n) is 10.4. The predicted molar refractivity (Wildman–Crippen MR) is 148 cm³/mol. The highest BCUT2D eigenvalue weighted by Gasteiger charge is 2.30. The SMILES string of the molecule is CCOc1nn(C)cc1Cc1ncc(F)c(C2=CCc3c(NC(=O)[C@H](C)N4CCN(C)C[C@@H]4C)cccc32)n1. The van der Waals surface area contributed by atoms with Gasteiger partial charge < -0.3 is 15.0 Å². The molecule has 0 saturated carbocycles. The molecule has 1 fully saturated rings. The van der Waals surface area contributed by atoms with Crippen molar-refractivity contribution in [2.75, 3.05) is 38.6 Å². The first-order valence-electron chi connectivity index (χ1n) is 13.5. The number of fused-ring (bicyclic) bond motifs is 1. The molecule has 3 aromatic rings. The molecule has 1 aliphatic carbocycles. The highest BCUT2D eigenvalue weighted by atomic mass is 19.1. The van der Waals surface area contributed by atoms with Gasteiger partial charge in [-0.1, -0.05) is 18.2 Å². The Labute approximate surface area is 228 Å². The number of ether oxygens (including phenoxy) is 1. The summed E-state index contributed by atoms with van der Waals surface area (Å²) in [6, 6.07) is 5.79. The molecule has 10 heteroatoms. The number of rotatable bonds is 8. The predicted octanol–water partition coefficient (Wildman–Crippen LogP) is 3.29. The molecule has 1 aromatic carbocycles. The van der Waals surface area contributed by atoms with Crippen LogP contribution in [0.5, 0.6) is 5.88 Å². The number of carbonyl (C=O) groups is 1. The van der Waals surface area contributed by atoms with E-state index in [-0.39, 0.29) is 17.6 Å². The zero-order chi connectivity index (χ0) is 27.7. The average Bonchev–Trinajstić information content (AvgIpc) is 3.48. The Morgan fingerprint density at radius 2 is 2.10 bits per heavy atom. The molecule has 0 spiro atoms. The average molecular weight is 534 g/mol. The molecule has 206 valence electrons. The number of allylic oxidation sites excluding steroid dienone is 1. The number of hydrogen-bond acceptors (Lipinski definition) is 7. The van der Waals surface area contributed by atoms with E-state index in [9.17, 15) is 4.79 Å². The normalized spacial score (nSPS) is 18.5. The third-order valence-corrected chi connectivity index (χ3v) is 7.54. The maximum Gasteiger partial charge on any atom is 0.241 e. The number of benzene rings is 1. The number of hydrogen-bond donors (Lipinski definition) is 1. The molecule has 9 nitrogen and oxygen atoms in total. The van der Waals surface area contributed by atoms with Crippen LogP contribution >= 0.6 is 0 Å². The van der Waals surface area contributed by atoms with Crippen LogP contribution in [0.1, 0.15) is 49.0 Å². The van der Waals surface area contributed by atoms with Crippen LogP contribution in [0.25, 0.3) is 5.57 Å². The maximum absolute atomic E-state index is 15.1. The number of nitrogens with zero attached hydrogens (tertiary/aromatic N) is 6. The van der Waals surface area contributed by atoms with E-state index in [0.717, 1.165) is 42.0 Å². The summed E-state index contributed by atoms with van der Waals surface area (Å²) >= 11 is 0. The van der Waals surface area contributed by atoms with Crippen molar-refractivity contribution in [3.8, 4) is 5.88 Å². The molecule has 2 atom stereocenters. The fourth-order valence-electron chi connectivity index (χ4n) is 5.58. The largest absolute Gasteiger partial charge is 0.477 e. The van der Waals surface area contributed by atoms with E-state index < -0.39 is 5.82 Å². The first-order valence-corrected chi connectivity index (χ1v) is 13.5. The van der Waals surface area contributed by atoms with Crippen molar-refractivity contribution in [3.05, 3.63) is 70.7 Å². The van der Waals surface area contributed by atoms with Gasteiger partial charge in [-0.15, -0.1) is 5.10 Å². The van der Waals surface area contributed by atoms with Gasteiger partial charge in [0.25, 0.3) is 0 Å². The summed E-state index contributed by atoms with van der Waals surface area (Å²) in [7, 11) is 3.93. The lowest BCUT2D eigenvalue weighted by molar-refractivity contribution is -0.122. The molecular formula is C29H36FN7O2. The van der Waals surface area contributed by atoms with Gasteiger partial charge in [-0.05, 0) is 51.4 Å². The van der Waals surface area contributed by atoms with E-state index in [1.807, 2.05) is 51.4 Å².